The van der Waals surface area contributed by atoms with Crippen molar-refractivity contribution in [2.45, 2.75) is 6.54 Å². The molecule has 1 N–H and O–H groups in total. The van der Waals surface area contributed by atoms with Gasteiger partial charge in [-0.25, -0.2) is 0 Å². The van der Waals surface area contributed by atoms with Gasteiger partial charge in [0, 0.05) is 13.1 Å². The second kappa shape index (κ2) is 7.30. The summed E-state index contributed by atoms with van der Waals surface area (Å²) < 4.78 is 0. The minimum Gasteiger partial charge on any atom is -0.395 e. The van der Waals surface area contributed by atoms with Crippen molar-refractivity contribution in [2.24, 2.45) is 0 Å². The number of carbonyl (C=O) groups is 1. The third kappa shape index (κ3) is 4.24. The lowest BCUT2D eigenvalue weighted by Crippen LogP contribution is -2.34. The molecule has 0 aliphatic carbocycles. The number of nitrogens with zero attached hydrogens (tertiary/aromatic N) is 1. The third-order valence-electron chi connectivity index (χ3n) is 2.21. The van der Waals surface area contributed by atoms with Crippen molar-refractivity contribution in [2.75, 3.05) is 25.2 Å². The fraction of sp³-hybridized carbons (Fsp3) is 0.417. The first kappa shape index (κ1) is 13.1. The van der Waals surface area contributed by atoms with Crippen LogP contribution in [0.25, 0.3) is 0 Å². The van der Waals surface area contributed by atoms with Crippen LogP contribution in [0, 0.1) is 0 Å². The molecule has 0 aliphatic rings. The molecule has 0 radical (unpaired) electrons. The molecular weight excluding hydrogens is 222 g/mol. The molecular formula is C12H17NO2S. The van der Waals surface area contributed by atoms with E-state index in [1.54, 1.807) is 4.90 Å². The van der Waals surface area contributed by atoms with E-state index >= 15 is 0 Å². The molecule has 0 bridgehead atoms. The Bertz CT molecular complexity index is 316. The van der Waals surface area contributed by atoms with Crippen LogP contribution in [0.4, 0.5) is 0 Å². The molecule has 1 amide bonds. The zero-order chi connectivity index (χ0) is 11.8. The van der Waals surface area contributed by atoms with Crippen LogP contribution in [0.15, 0.2) is 30.3 Å². The van der Waals surface area contributed by atoms with Gasteiger partial charge in [-0.1, -0.05) is 30.3 Å². The van der Waals surface area contributed by atoms with Gasteiger partial charge in [-0.3, -0.25) is 4.79 Å². The maximum Gasteiger partial charge on any atom is 0.232 e. The van der Waals surface area contributed by atoms with Crippen LogP contribution in [-0.2, 0) is 11.3 Å². The van der Waals surface area contributed by atoms with E-state index in [0.29, 0.717) is 18.8 Å². The minimum atomic E-state index is 0.00690. The molecule has 0 saturated heterocycles. The van der Waals surface area contributed by atoms with Crippen LogP contribution in [-0.4, -0.2) is 41.1 Å². The van der Waals surface area contributed by atoms with Crippen LogP contribution in [0.3, 0.4) is 0 Å². The Morgan fingerprint density at radius 1 is 1.38 bits per heavy atom. The average Bonchev–Trinajstić information content (AvgIpc) is 2.30. The quantitative estimate of drug-likeness (QED) is 0.815. The monoisotopic (exact) mass is 239 g/mol. The predicted molar refractivity (Wildman–Crippen MR) is 67.3 cm³/mol. The Balaban J connectivity index is 2.60. The lowest BCUT2D eigenvalue weighted by Gasteiger charge is -2.21. The van der Waals surface area contributed by atoms with Crippen molar-refractivity contribution in [3.05, 3.63) is 35.9 Å². The van der Waals surface area contributed by atoms with Crippen LogP contribution < -0.4 is 0 Å². The summed E-state index contributed by atoms with van der Waals surface area (Å²) in [6.45, 7) is 0.974. The number of benzene rings is 1. The summed E-state index contributed by atoms with van der Waals surface area (Å²) in [5.74, 6) is 0.540. The summed E-state index contributed by atoms with van der Waals surface area (Å²) in [5, 5.41) is 8.93. The second-order valence-electron chi connectivity index (χ2n) is 3.46. The zero-order valence-electron chi connectivity index (χ0n) is 9.43. The number of amides is 1. The molecule has 0 atom stereocenters. The third-order valence-corrected chi connectivity index (χ3v) is 2.74. The average molecular weight is 239 g/mol. The van der Waals surface area contributed by atoms with Crippen molar-refractivity contribution in [1.82, 2.24) is 4.90 Å². The molecule has 0 spiro atoms. The van der Waals surface area contributed by atoms with Gasteiger partial charge in [0.15, 0.2) is 0 Å². The van der Waals surface area contributed by atoms with E-state index in [0.717, 1.165) is 5.56 Å². The van der Waals surface area contributed by atoms with Gasteiger partial charge in [0.1, 0.15) is 0 Å². The van der Waals surface area contributed by atoms with Crippen LogP contribution in [0.1, 0.15) is 5.56 Å². The summed E-state index contributed by atoms with van der Waals surface area (Å²) in [6.07, 6.45) is 1.90. The molecule has 16 heavy (non-hydrogen) atoms. The zero-order valence-corrected chi connectivity index (χ0v) is 10.2. The first-order chi connectivity index (χ1) is 7.77. The summed E-state index contributed by atoms with van der Waals surface area (Å²) in [7, 11) is 0. The summed E-state index contributed by atoms with van der Waals surface area (Å²) in [5.41, 5.74) is 1.09. The molecule has 0 unspecified atom stereocenters. The highest BCUT2D eigenvalue weighted by atomic mass is 32.2. The number of hydrogen-bond donors (Lipinski definition) is 1. The number of rotatable bonds is 6. The fourth-order valence-corrected chi connectivity index (χ4v) is 1.86. The van der Waals surface area contributed by atoms with Gasteiger partial charge in [0.05, 0.1) is 12.4 Å². The van der Waals surface area contributed by atoms with Gasteiger partial charge in [0.25, 0.3) is 0 Å². The number of aliphatic hydroxyl groups is 1. The van der Waals surface area contributed by atoms with E-state index in [4.69, 9.17) is 5.11 Å². The van der Waals surface area contributed by atoms with Gasteiger partial charge in [-0.2, -0.15) is 11.8 Å². The standard InChI is InChI=1S/C12H17NO2S/c1-16-10-12(15)13(7-8-14)9-11-5-3-2-4-6-11/h2-6,14H,7-10H2,1H3. The minimum absolute atomic E-state index is 0.00690. The predicted octanol–water partition coefficient (Wildman–Crippen LogP) is 1.37. The van der Waals surface area contributed by atoms with Crippen molar-refractivity contribution >= 4 is 17.7 Å². The summed E-state index contributed by atoms with van der Waals surface area (Å²) >= 11 is 1.50. The molecule has 0 heterocycles. The van der Waals surface area contributed by atoms with Crippen LogP contribution in [0.2, 0.25) is 0 Å². The molecule has 0 fully saturated rings. The molecule has 3 nitrogen and oxygen atoms in total. The topological polar surface area (TPSA) is 40.5 Å². The van der Waals surface area contributed by atoms with E-state index in [2.05, 4.69) is 0 Å². The van der Waals surface area contributed by atoms with Gasteiger partial charge < -0.3 is 10.0 Å². The molecule has 0 aliphatic heterocycles. The van der Waals surface area contributed by atoms with Crippen molar-refractivity contribution in [3.63, 3.8) is 0 Å². The number of thioether (sulfide) groups is 1. The van der Waals surface area contributed by atoms with E-state index < -0.39 is 0 Å². The lowest BCUT2D eigenvalue weighted by molar-refractivity contribution is -0.129. The Morgan fingerprint density at radius 3 is 2.62 bits per heavy atom. The first-order valence-electron chi connectivity index (χ1n) is 5.19. The Morgan fingerprint density at radius 2 is 2.06 bits per heavy atom. The summed E-state index contributed by atoms with van der Waals surface area (Å²) in [6, 6.07) is 9.81. The second-order valence-corrected chi connectivity index (χ2v) is 4.32. The van der Waals surface area contributed by atoms with E-state index in [1.165, 1.54) is 11.8 Å². The highest BCUT2D eigenvalue weighted by Crippen LogP contribution is 2.06. The molecule has 0 aromatic heterocycles. The molecule has 0 saturated carbocycles. The maximum atomic E-state index is 11.7. The van der Waals surface area contributed by atoms with Gasteiger partial charge in [-0.15, -0.1) is 0 Å². The highest BCUT2D eigenvalue weighted by molar-refractivity contribution is 7.99. The first-order valence-corrected chi connectivity index (χ1v) is 6.58. The number of aliphatic hydroxyl groups excluding tert-OH is 1. The van der Waals surface area contributed by atoms with Crippen molar-refractivity contribution in [1.29, 1.82) is 0 Å². The molecule has 4 heteroatoms. The van der Waals surface area contributed by atoms with Crippen molar-refractivity contribution < 1.29 is 9.90 Å². The SMILES string of the molecule is CSCC(=O)N(CCO)Cc1ccccc1. The van der Waals surface area contributed by atoms with E-state index in [-0.39, 0.29) is 12.5 Å². The Hall–Kier alpha value is -1.00. The van der Waals surface area contributed by atoms with Gasteiger partial charge in [0.2, 0.25) is 5.91 Å². The molecule has 1 aromatic carbocycles. The van der Waals surface area contributed by atoms with E-state index in [1.807, 2.05) is 36.6 Å². The molecule has 88 valence electrons. The Kier molecular flexibility index (Phi) is 5.96. The number of carbonyl (C=O) groups excluding carboxylic acids is 1. The van der Waals surface area contributed by atoms with E-state index in [9.17, 15) is 4.79 Å². The smallest absolute Gasteiger partial charge is 0.232 e. The van der Waals surface area contributed by atoms with Crippen LogP contribution >= 0.6 is 11.8 Å². The normalized spacial score (nSPS) is 10.1. The van der Waals surface area contributed by atoms with Gasteiger partial charge >= 0.3 is 0 Å². The summed E-state index contributed by atoms with van der Waals surface area (Å²) in [4.78, 5) is 13.4. The molecule has 1 aromatic rings. The van der Waals surface area contributed by atoms with Crippen LogP contribution in [0.5, 0.6) is 0 Å². The maximum absolute atomic E-state index is 11.7. The van der Waals surface area contributed by atoms with Gasteiger partial charge in [-0.05, 0) is 11.8 Å². The fourth-order valence-electron chi connectivity index (χ4n) is 1.43. The number of hydrogen-bond acceptors (Lipinski definition) is 3. The Labute approximate surface area is 100 Å². The molecule has 1 rings (SSSR count). The van der Waals surface area contributed by atoms with Crippen molar-refractivity contribution in [3.8, 4) is 0 Å². The lowest BCUT2D eigenvalue weighted by atomic mass is 10.2. The largest absolute Gasteiger partial charge is 0.395 e. The highest BCUT2D eigenvalue weighted by Gasteiger charge is 2.12.